The van der Waals surface area contributed by atoms with E-state index in [9.17, 15) is 0 Å². The summed E-state index contributed by atoms with van der Waals surface area (Å²) in [6.07, 6.45) is 3.81. The number of nitrogens with zero attached hydrogens (tertiary/aromatic N) is 3. The number of imidazole rings is 1. The van der Waals surface area contributed by atoms with Gasteiger partial charge in [-0.3, -0.25) is 4.90 Å². The maximum atomic E-state index is 4.87. The standard InChI is InChI=1S/C17H25N3/c1-3-10-20-16-7-5-4-6-15(16)18-17(20)13-19-11-8-14(2)9-12-19/h4-7,14H,3,8-13H2,1-2H3. The van der Waals surface area contributed by atoms with Gasteiger partial charge >= 0.3 is 0 Å². The number of piperidine rings is 1. The van der Waals surface area contributed by atoms with Crippen molar-refractivity contribution in [3.05, 3.63) is 30.1 Å². The van der Waals surface area contributed by atoms with Gasteiger partial charge in [-0.05, 0) is 50.4 Å². The number of para-hydroxylation sites is 2. The summed E-state index contributed by atoms with van der Waals surface area (Å²) < 4.78 is 2.41. The van der Waals surface area contributed by atoms with Crippen LogP contribution in [0, 0.1) is 5.92 Å². The number of benzene rings is 1. The number of rotatable bonds is 4. The Bertz CT molecular complexity index is 565. The lowest BCUT2D eigenvalue weighted by atomic mass is 9.99. The third-order valence-corrected chi connectivity index (χ3v) is 4.42. The molecule has 0 aliphatic carbocycles. The van der Waals surface area contributed by atoms with Gasteiger partial charge in [0, 0.05) is 6.54 Å². The largest absolute Gasteiger partial charge is 0.327 e. The molecule has 1 fully saturated rings. The van der Waals surface area contributed by atoms with Crippen LogP contribution in [-0.4, -0.2) is 27.5 Å². The van der Waals surface area contributed by atoms with Crippen LogP contribution in [0.5, 0.6) is 0 Å². The minimum Gasteiger partial charge on any atom is -0.327 e. The third-order valence-electron chi connectivity index (χ3n) is 4.42. The summed E-state index contributed by atoms with van der Waals surface area (Å²) in [5.41, 5.74) is 2.43. The van der Waals surface area contributed by atoms with Crippen molar-refractivity contribution < 1.29 is 0 Å². The first-order valence-corrected chi connectivity index (χ1v) is 7.94. The van der Waals surface area contributed by atoms with Crippen molar-refractivity contribution in [2.45, 2.75) is 46.2 Å². The number of likely N-dealkylation sites (tertiary alicyclic amines) is 1. The number of hydrogen-bond acceptors (Lipinski definition) is 2. The van der Waals surface area contributed by atoms with Crippen LogP contribution in [0.2, 0.25) is 0 Å². The molecule has 0 unspecified atom stereocenters. The molecule has 1 aliphatic heterocycles. The van der Waals surface area contributed by atoms with E-state index in [1.54, 1.807) is 0 Å². The first kappa shape index (κ1) is 13.6. The third kappa shape index (κ3) is 2.73. The summed E-state index contributed by atoms with van der Waals surface area (Å²) in [4.78, 5) is 7.43. The van der Waals surface area contributed by atoms with Crippen LogP contribution in [0.1, 0.15) is 38.9 Å². The summed E-state index contributed by atoms with van der Waals surface area (Å²) in [6, 6.07) is 8.52. The van der Waals surface area contributed by atoms with Crippen molar-refractivity contribution in [1.29, 1.82) is 0 Å². The van der Waals surface area contributed by atoms with E-state index in [-0.39, 0.29) is 0 Å². The molecule has 2 aromatic rings. The van der Waals surface area contributed by atoms with Gasteiger partial charge in [0.1, 0.15) is 5.82 Å². The fourth-order valence-electron chi connectivity index (χ4n) is 3.14. The molecule has 1 aliphatic rings. The zero-order valence-corrected chi connectivity index (χ0v) is 12.7. The Hall–Kier alpha value is -1.35. The highest BCUT2D eigenvalue weighted by atomic mass is 15.2. The van der Waals surface area contributed by atoms with E-state index in [1.165, 1.54) is 37.3 Å². The quantitative estimate of drug-likeness (QED) is 0.846. The lowest BCUT2D eigenvalue weighted by molar-refractivity contribution is 0.179. The number of fused-ring (bicyclic) bond motifs is 1. The molecular weight excluding hydrogens is 246 g/mol. The summed E-state index contributed by atoms with van der Waals surface area (Å²) >= 11 is 0. The van der Waals surface area contributed by atoms with E-state index >= 15 is 0 Å². The smallest absolute Gasteiger partial charge is 0.124 e. The molecule has 0 N–H and O–H groups in total. The van der Waals surface area contributed by atoms with Crippen molar-refractivity contribution >= 4 is 11.0 Å². The molecule has 0 saturated carbocycles. The molecule has 0 radical (unpaired) electrons. The Balaban J connectivity index is 1.84. The van der Waals surface area contributed by atoms with Gasteiger partial charge in [-0.25, -0.2) is 4.98 Å². The second-order valence-electron chi connectivity index (χ2n) is 6.13. The summed E-state index contributed by atoms with van der Waals surface area (Å²) in [7, 11) is 0. The fraction of sp³-hybridized carbons (Fsp3) is 0.588. The Morgan fingerprint density at radius 2 is 1.95 bits per heavy atom. The van der Waals surface area contributed by atoms with Gasteiger partial charge in [-0.2, -0.15) is 0 Å². The van der Waals surface area contributed by atoms with Crippen molar-refractivity contribution in [2.75, 3.05) is 13.1 Å². The minimum atomic E-state index is 0.890. The van der Waals surface area contributed by atoms with Gasteiger partial charge in [0.05, 0.1) is 17.6 Å². The van der Waals surface area contributed by atoms with Crippen molar-refractivity contribution in [1.82, 2.24) is 14.5 Å². The van der Waals surface area contributed by atoms with Gasteiger partial charge in [0.15, 0.2) is 0 Å². The van der Waals surface area contributed by atoms with Crippen LogP contribution in [-0.2, 0) is 13.1 Å². The predicted molar refractivity (Wildman–Crippen MR) is 83.7 cm³/mol. The van der Waals surface area contributed by atoms with Gasteiger partial charge in [-0.1, -0.05) is 26.0 Å². The topological polar surface area (TPSA) is 21.1 Å². The van der Waals surface area contributed by atoms with Crippen LogP contribution < -0.4 is 0 Å². The highest BCUT2D eigenvalue weighted by Gasteiger charge is 2.18. The fourth-order valence-corrected chi connectivity index (χ4v) is 3.14. The average Bonchev–Trinajstić information content (AvgIpc) is 2.80. The molecule has 0 bridgehead atoms. The molecule has 20 heavy (non-hydrogen) atoms. The molecular formula is C17H25N3. The second kappa shape index (κ2) is 5.96. The molecule has 2 heterocycles. The highest BCUT2D eigenvalue weighted by Crippen LogP contribution is 2.21. The molecule has 3 rings (SSSR count). The Morgan fingerprint density at radius 3 is 2.70 bits per heavy atom. The van der Waals surface area contributed by atoms with Crippen molar-refractivity contribution in [3.63, 3.8) is 0 Å². The lowest BCUT2D eigenvalue weighted by Crippen LogP contribution is -2.33. The summed E-state index contributed by atoms with van der Waals surface area (Å²) in [5.74, 6) is 2.13. The average molecular weight is 271 g/mol. The SMILES string of the molecule is CCCn1c(CN2CCC(C)CC2)nc2ccccc21. The van der Waals surface area contributed by atoms with E-state index in [1.807, 2.05) is 0 Å². The zero-order chi connectivity index (χ0) is 13.9. The van der Waals surface area contributed by atoms with E-state index in [2.05, 4.69) is 47.6 Å². The van der Waals surface area contributed by atoms with Crippen molar-refractivity contribution in [3.8, 4) is 0 Å². The Kier molecular flexibility index (Phi) is 4.06. The monoisotopic (exact) mass is 271 g/mol. The zero-order valence-electron chi connectivity index (χ0n) is 12.7. The first-order valence-electron chi connectivity index (χ1n) is 7.94. The van der Waals surface area contributed by atoms with Crippen LogP contribution in [0.15, 0.2) is 24.3 Å². The molecule has 0 atom stereocenters. The normalized spacial score (nSPS) is 17.9. The van der Waals surface area contributed by atoms with Crippen LogP contribution in [0.3, 0.4) is 0 Å². The van der Waals surface area contributed by atoms with Gasteiger partial charge < -0.3 is 4.57 Å². The molecule has 3 heteroatoms. The molecule has 0 amide bonds. The molecule has 1 aromatic heterocycles. The van der Waals surface area contributed by atoms with Crippen LogP contribution >= 0.6 is 0 Å². The Morgan fingerprint density at radius 1 is 1.20 bits per heavy atom. The molecule has 3 nitrogen and oxygen atoms in total. The van der Waals surface area contributed by atoms with E-state index in [4.69, 9.17) is 4.98 Å². The second-order valence-corrected chi connectivity index (χ2v) is 6.13. The van der Waals surface area contributed by atoms with Crippen LogP contribution in [0.4, 0.5) is 0 Å². The molecule has 0 spiro atoms. The predicted octanol–water partition coefficient (Wildman–Crippen LogP) is 3.68. The number of hydrogen-bond donors (Lipinski definition) is 0. The summed E-state index contributed by atoms with van der Waals surface area (Å²) in [6.45, 7) is 9.11. The number of aryl methyl sites for hydroxylation is 1. The van der Waals surface area contributed by atoms with Crippen LogP contribution in [0.25, 0.3) is 11.0 Å². The first-order chi connectivity index (χ1) is 9.78. The molecule has 1 aromatic carbocycles. The van der Waals surface area contributed by atoms with Gasteiger partial charge in [0.25, 0.3) is 0 Å². The van der Waals surface area contributed by atoms with E-state index < -0.39 is 0 Å². The van der Waals surface area contributed by atoms with Gasteiger partial charge in [-0.15, -0.1) is 0 Å². The maximum absolute atomic E-state index is 4.87. The maximum Gasteiger partial charge on any atom is 0.124 e. The van der Waals surface area contributed by atoms with Crippen molar-refractivity contribution in [2.24, 2.45) is 5.92 Å². The lowest BCUT2D eigenvalue weighted by Gasteiger charge is -2.29. The van der Waals surface area contributed by atoms with E-state index in [0.717, 1.165) is 30.9 Å². The summed E-state index contributed by atoms with van der Waals surface area (Å²) in [5, 5.41) is 0. The van der Waals surface area contributed by atoms with Gasteiger partial charge in [0.2, 0.25) is 0 Å². The van der Waals surface area contributed by atoms with E-state index in [0.29, 0.717) is 0 Å². The minimum absolute atomic E-state index is 0.890. The molecule has 108 valence electrons. The molecule has 1 saturated heterocycles. The number of aromatic nitrogens is 2. The Labute approximate surface area is 121 Å². The highest BCUT2D eigenvalue weighted by molar-refractivity contribution is 5.75.